The van der Waals surface area contributed by atoms with E-state index in [1.165, 1.54) is 4.90 Å². The van der Waals surface area contributed by atoms with Crippen LogP contribution in [0.4, 0.5) is 0 Å². The number of carbonyl (C=O) groups is 1. The van der Waals surface area contributed by atoms with Crippen LogP contribution >= 0.6 is 11.6 Å². The first-order valence-electron chi connectivity index (χ1n) is 9.15. The lowest BCUT2D eigenvalue weighted by Crippen LogP contribution is -2.39. The van der Waals surface area contributed by atoms with Crippen LogP contribution in [-0.4, -0.2) is 41.2 Å². The minimum Gasteiger partial charge on any atom is -0.497 e. The van der Waals surface area contributed by atoms with Crippen LogP contribution in [0.15, 0.2) is 53.1 Å². The highest BCUT2D eigenvalue weighted by Crippen LogP contribution is 2.25. The van der Waals surface area contributed by atoms with Crippen molar-refractivity contribution >= 4 is 17.5 Å². The van der Waals surface area contributed by atoms with Gasteiger partial charge in [-0.05, 0) is 42.8 Å². The molecule has 1 atom stereocenters. The highest BCUT2D eigenvalue weighted by molar-refractivity contribution is 6.32. The Labute approximate surface area is 174 Å². The van der Waals surface area contributed by atoms with Crippen molar-refractivity contribution in [1.82, 2.24) is 15.0 Å². The maximum absolute atomic E-state index is 12.8. The number of rotatable bonds is 8. The quantitative estimate of drug-likeness (QED) is 0.548. The number of carbonyl (C=O) groups excluding carboxylic acids is 1. The second kappa shape index (κ2) is 9.43. The van der Waals surface area contributed by atoms with E-state index in [0.29, 0.717) is 28.9 Å². The SMILES string of the molecule is CC[C@@H](Oc1ccccc1Cl)C(=O)N(C)Cc1nc(-c2ccc(OC)cc2)no1. The van der Waals surface area contributed by atoms with E-state index in [-0.39, 0.29) is 12.5 Å². The molecule has 2 aromatic carbocycles. The van der Waals surface area contributed by atoms with Crippen LogP contribution in [0.5, 0.6) is 11.5 Å². The number of aromatic nitrogens is 2. The average molecular weight is 416 g/mol. The Bertz CT molecular complexity index is 959. The molecule has 0 aliphatic carbocycles. The lowest BCUT2D eigenvalue weighted by Gasteiger charge is -2.23. The van der Waals surface area contributed by atoms with E-state index < -0.39 is 6.10 Å². The summed E-state index contributed by atoms with van der Waals surface area (Å²) in [5, 5.41) is 4.45. The fourth-order valence-electron chi connectivity index (χ4n) is 2.70. The first kappa shape index (κ1) is 20.7. The van der Waals surface area contributed by atoms with Crippen molar-refractivity contribution in [2.24, 2.45) is 0 Å². The Kier molecular flexibility index (Phi) is 6.72. The lowest BCUT2D eigenvalue weighted by atomic mass is 10.2. The van der Waals surface area contributed by atoms with Gasteiger partial charge in [-0.25, -0.2) is 0 Å². The molecule has 1 heterocycles. The summed E-state index contributed by atoms with van der Waals surface area (Å²) in [6, 6.07) is 14.4. The van der Waals surface area contributed by atoms with Crippen LogP contribution < -0.4 is 9.47 Å². The molecule has 0 aliphatic heterocycles. The van der Waals surface area contributed by atoms with Gasteiger partial charge in [0.25, 0.3) is 5.91 Å². The predicted octanol–water partition coefficient (Wildman–Crippen LogP) is 4.21. The van der Waals surface area contributed by atoms with E-state index in [1.54, 1.807) is 38.4 Å². The molecule has 0 aliphatic rings. The predicted molar refractivity (Wildman–Crippen MR) is 109 cm³/mol. The molecule has 0 bridgehead atoms. The molecule has 1 amide bonds. The molecular formula is C21H22ClN3O4. The molecule has 1 aromatic heterocycles. The molecule has 8 heteroatoms. The van der Waals surface area contributed by atoms with Gasteiger partial charge in [0.1, 0.15) is 11.5 Å². The maximum Gasteiger partial charge on any atom is 0.263 e. The Morgan fingerprint density at radius 2 is 1.93 bits per heavy atom. The second-order valence-corrected chi connectivity index (χ2v) is 6.79. The van der Waals surface area contributed by atoms with Gasteiger partial charge in [-0.15, -0.1) is 0 Å². The summed E-state index contributed by atoms with van der Waals surface area (Å²) in [6.45, 7) is 2.05. The molecule has 0 radical (unpaired) electrons. The molecule has 152 valence electrons. The van der Waals surface area contributed by atoms with Crippen molar-refractivity contribution < 1.29 is 18.8 Å². The second-order valence-electron chi connectivity index (χ2n) is 6.38. The Balaban J connectivity index is 1.65. The first-order chi connectivity index (χ1) is 14.0. The Morgan fingerprint density at radius 1 is 1.21 bits per heavy atom. The molecule has 0 N–H and O–H groups in total. The molecule has 3 rings (SSSR count). The molecule has 0 unspecified atom stereocenters. The van der Waals surface area contributed by atoms with Gasteiger partial charge in [0, 0.05) is 12.6 Å². The molecule has 0 saturated carbocycles. The van der Waals surface area contributed by atoms with Crippen molar-refractivity contribution in [2.75, 3.05) is 14.2 Å². The van der Waals surface area contributed by atoms with Gasteiger partial charge in [0.2, 0.25) is 11.7 Å². The van der Waals surface area contributed by atoms with Crippen LogP contribution in [0, 0.1) is 0 Å². The average Bonchev–Trinajstić information content (AvgIpc) is 3.21. The summed E-state index contributed by atoms with van der Waals surface area (Å²) in [7, 11) is 3.27. The topological polar surface area (TPSA) is 77.7 Å². The Morgan fingerprint density at radius 3 is 2.59 bits per heavy atom. The molecule has 0 fully saturated rings. The molecule has 7 nitrogen and oxygen atoms in total. The van der Waals surface area contributed by atoms with Crippen LogP contribution in [0.1, 0.15) is 19.2 Å². The van der Waals surface area contributed by atoms with E-state index in [0.717, 1.165) is 11.3 Å². The summed E-state index contributed by atoms with van der Waals surface area (Å²) in [6.07, 6.45) is -0.168. The lowest BCUT2D eigenvalue weighted by molar-refractivity contribution is -0.138. The zero-order chi connectivity index (χ0) is 20.8. The van der Waals surface area contributed by atoms with Crippen LogP contribution in [-0.2, 0) is 11.3 Å². The number of nitrogens with zero attached hydrogens (tertiary/aromatic N) is 3. The van der Waals surface area contributed by atoms with Crippen molar-refractivity contribution in [3.05, 3.63) is 59.4 Å². The fourth-order valence-corrected chi connectivity index (χ4v) is 2.89. The summed E-state index contributed by atoms with van der Waals surface area (Å²) < 4.78 is 16.3. The minimum absolute atomic E-state index is 0.171. The summed E-state index contributed by atoms with van der Waals surface area (Å²) in [5.74, 6) is 1.80. The Hall–Kier alpha value is -3.06. The van der Waals surface area contributed by atoms with Gasteiger partial charge >= 0.3 is 0 Å². The third-order valence-corrected chi connectivity index (χ3v) is 4.63. The fraction of sp³-hybridized carbons (Fsp3) is 0.286. The number of halogens is 1. The highest BCUT2D eigenvalue weighted by Gasteiger charge is 2.24. The number of amides is 1. The van der Waals surface area contributed by atoms with Crippen LogP contribution in [0.25, 0.3) is 11.4 Å². The van der Waals surface area contributed by atoms with Gasteiger partial charge < -0.3 is 18.9 Å². The number of para-hydroxylation sites is 1. The normalized spacial score (nSPS) is 11.7. The van der Waals surface area contributed by atoms with Gasteiger partial charge in [-0.3, -0.25) is 4.79 Å². The smallest absolute Gasteiger partial charge is 0.263 e. The molecule has 0 spiro atoms. The third kappa shape index (κ3) is 5.06. The highest BCUT2D eigenvalue weighted by atomic mass is 35.5. The van der Waals surface area contributed by atoms with Crippen molar-refractivity contribution in [1.29, 1.82) is 0 Å². The number of hydrogen-bond donors (Lipinski definition) is 0. The molecule has 3 aromatic rings. The van der Waals surface area contributed by atoms with Crippen molar-refractivity contribution in [3.63, 3.8) is 0 Å². The first-order valence-corrected chi connectivity index (χ1v) is 9.52. The minimum atomic E-state index is -0.663. The number of hydrogen-bond acceptors (Lipinski definition) is 6. The third-order valence-electron chi connectivity index (χ3n) is 4.32. The summed E-state index contributed by atoms with van der Waals surface area (Å²) in [5.41, 5.74) is 0.795. The number of benzene rings is 2. The number of likely N-dealkylation sites (N-methyl/N-ethyl adjacent to an activating group) is 1. The van der Waals surface area contributed by atoms with Crippen molar-refractivity contribution in [3.8, 4) is 22.9 Å². The monoisotopic (exact) mass is 415 g/mol. The van der Waals surface area contributed by atoms with Gasteiger partial charge in [0.05, 0.1) is 18.7 Å². The van der Waals surface area contributed by atoms with E-state index in [2.05, 4.69) is 10.1 Å². The van der Waals surface area contributed by atoms with E-state index in [9.17, 15) is 4.79 Å². The van der Waals surface area contributed by atoms with Crippen molar-refractivity contribution in [2.45, 2.75) is 26.0 Å². The molecule has 0 saturated heterocycles. The number of methoxy groups -OCH3 is 1. The van der Waals surface area contributed by atoms with Gasteiger partial charge in [0.15, 0.2) is 6.10 Å². The van der Waals surface area contributed by atoms with E-state index >= 15 is 0 Å². The van der Waals surface area contributed by atoms with Gasteiger partial charge in [-0.2, -0.15) is 4.98 Å². The van der Waals surface area contributed by atoms with Gasteiger partial charge in [-0.1, -0.05) is 35.8 Å². The molecule has 29 heavy (non-hydrogen) atoms. The summed E-state index contributed by atoms with van der Waals surface area (Å²) in [4.78, 5) is 18.7. The standard InChI is InChI=1S/C21H22ClN3O4/c1-4-17(28-18-8-6-5-7-16(18)22)21(26)25(2)13-19-23-20(24-29-19)14-9-11-15(27-3)12-10-14/h5-12,17H,4,13H2,1-3H3/t17-/m1/s1. The molecular weight excluding hydrogens is 394 g/mol. The van der Waals surface area contributed by atoms with E-state index in [4.69, 9.17) is 25.6 Å². The zero-order valence-corrected chi connectivity index (χ0v) is 17.2. The van der Waals surface area contributed by atoms with Crippen LogP contribution in [0.2, 0.25) is 5.02 Å². The van der Waals surface area contributed by atoms with Crippen LogP contribution in [0.3, 0.4) is 0 Å². The maximum atomic E-state index is 12.8. The van der Waals surface area contributed by atoms with E-state index in [1.807, 2.05) is 31.2 Å². The largest absolute Gasteiger partial charge is 0.497 e. The summed E-state index contributed by atoms with van der Waals surface area (Å²) >= 11 is 6.13. The number of ether oxygens (including phenoxy) is 2. The zero-order valence-electron chi connectivity index (χ0n) is 16.5.